The second kappa shape index (κ2) is 3.47. The van der Waals surface area contributed by atoms with Gasteiger partial charge in [-0.15, -0.1) is 0 Å². The lowest BCUT2D eigenvalue weighted by Gasteiger charge is -2.09. The number of fused-ring (bicyclic) bond motifs is 1. The van der Waals surface area contributed by atoms with Crippen LogP contribution in [0.25, 0.3) is 10.9 Å². The van der Waals surface area contributed by atoms with E-state index in [0.717, 1.165) is 16.6 Å². The third-order valence-corrected chi connectivity index (χ3v) is 2.40. The number of hydrogen-bond acceptors (Lipinski definition) is 3. The fourth-order valence-corrected chi connectivity index (χ4v) is 1.72. The molecule has 3 N–H and O–H groups in total. The van der Waals surface area contributed by atoms with Gasteiger partial charge in [-0.2, -0.15) is 0 Å². The van der Waals surface area contributed by atoms with Crippen LogP contribution in [0.1, 0.15) is 11.3 Å². The summed E-state index contributed by atoms with van der Waals surface area (Å²) in [5.41, 5.74) is 5.33. The number of nitrogen functional groups attached to an aromatic ring is 1. The van der Waals surface area contributed by atoms with Crippen LogP contribution in [0.15, 0.2) is 18.2 Å². The molecule has 3 nitrogen and oxygen atoms in total. The lowest BCUT2D eigenvalue weighted by atomic mass is 10.1. The van der Waals surface area contributed by atoms with Crippen molar-refractivity contribution in [1.82, 2.24) is 4.98 Å². The first kappa shape index (κ1) is 9.86. The van der Waals surface area contributed by atoms with E-state index in [-0.39, 0.29) is 5.82 Å². The third-order valence-electron chi connectivity index (χ3n) is 2.40. The van der Waals surface area contributed by atoms with Gasteiger partial charge < -0.3 is 5.43 Å². The van der Waals surface area contributed by atoms with E-state index >= 15 is 0 Å². The molecule has 0 spiro atoms. The highest BCUT2D eigenvalue weighted by Gasteiger charge is 2.09. The zero-order valence-electron chi connectivity index (χ0n) is 8.63. The van der Waals surface area contributed by atoms with Crippen LogP contribution in [0, 0.1) is 19.7 Å². The molecule has 0 unspecified atom stereocenters. The molecule has 0 saturated carbocycles. The van der Waals surface area contributed by atoms with Gasteiger partial charge >= 0.3 is 0 Å². The quantitative estimate of drug-likeness (QED) is 0.554. The Hall–Kier alpha value is -1.68. The summed E-state index contributed by atoms with van der Waals surface area (Å²) in [6.07, 6.45) is 0. The molecule has 0 saturated heterocycles. The molecule has 0 radical (unpaired) electrons. The molecule has 2 aromatic rings. The monoisotopic (exact) mass is 205 g/mol. The van der Waals surface area contributed by atoms with Gasteiger partial charge in [0.1, 0.15) is 11.3 Å². The fraction of sp³-hybridized carbons (Fsp3) is 0.182. The number of anilines is 1. The zero-order valence-corrected chi connectivity index (χ0v) is 8.63. The minimum absolute atomic E-state index is 0.323. The van der Waals surface area contributed by atoms with Crippen LogP contribution in [0.5, 0.6) is 0 Å². The molecule has 0 aliphatic heterocycles. The van der Waals surface area contributed by atoms with Gasteiger partial charge in [0.2, 0.25) is 0 Å². The minimum Gasteiger partial charge on any atom is -0.323 e. The smallest absolute Gasteiger partial charge is 0.149 e. The molecule has 0 fully saturated rings. The summed E-state index contributed by atoms with van der Waals surface area (Å²) in [7, 11) is 0. The Morgan fingerprint density at radius 2 is 2.07 bits per heavy atom. The average Bonchev–Trinajstić information content (AvgIpc) is 2.22. The van der Waals surface area contributed by atoms with Gasteiger partial charge in [-0.05, 0) is 31.5 Å². The molecule has 15 heavy (non-hydrogen) atoms. The topological polar surface area (TPSA) is 50.9 Å². The zero-order chi connectivity index (χ0) is 11.0. The van der Waals surface area contributed by atoms with Gasteiger partial charge in [0.05, 0.1) is 5.69 Å². The molecule has 0 aliphatic rings. The first-order valence-corrected chi connectivity index (χ1v) is 4.66. The van der Waals surface area contributed by atoms with E-state index in [2.05, 4.69) is 10.4 Å². The van der Waals surface area contributed by atoms with Crippen molar-refractivity contribution < 1.29 is 4.39 Å². The van der Waals surface area contributed by atoms with Gasteiger partial charge in [0.15, 0.2) is 0 Å². The molecule has 78 valence electrons. The number of nitrogens with one attached hydrogen (secondary N) is 1. The van der Waals surface area contributed by atoms with Crippen LogP contribution in [-0.2, 0) is 0 Å². The number of nitrogens with two attached hydrogens (primary N) is 1. The SMILES string of the molecule is Cc1cc(NN)c2c(C)ccc(F)c2n1. The standard InChI is InChI=1S/C11H12FN3/c1-6-3-4-8(12)11-10(6)9(15-13)5-7(2)14-11/h3-5H,13H2,1-2H3,(H,14,15). The van der Waals surface area contributed by atoms with Crippen LogP contribution in [0.3, 0.4) is 0 Å². The molecule has 0 bridgehead atoms. The molecule has 0 amide bonds. The van der Waals surface area contributed by atoms with Crippen LogP contribution in [0.2, 0.25) is 0 Å². The summed E-state index contributed by atoms with van der Waals surface area (Å²) in [6.45, 7) is 3.71. The maximum atomic E-state index is 13.5. The summed E-state index contributed by atoms with van der Waals surface area (Å²) in [5.74, 6) is 5.08. The largest absolute Gasteiger partial charge is 0.323 e. The Morgan fingerprint density at radius 1 is 1.33 bits per heavy atom. The molecule has 2 rings (SSSR count). The van der Waals surface area contributed by atoms with Crippen molar-refractivity contribution in [2.24, 2.45) is 5.84 Å². The predicted octanol–water partition coefficient (Wildman–Crippen LogP) is 2.28. The number of pyridine rings is 1. The number of rotatable bonds is 1. The van der Waals surface area contributed by atoms with Crippen molar-refractivity contribution in [2.45, 2.75) is 13.8 Å². The van der Waals surface area contributed by atoms with E-state index in [0.29, 0.717) is 11.2 Å². The highest BCUT2D eigenvalue weighted by Crippen LogP contribution is 2.27. The van der Waals surface area contributed by atoms with E-state index in [1.807, 2.05) is 13.8 Å². The molecule has 0 atom stereocenters. The van der Waals surface area contributed by atoms with Crippen molar-refractivity contribution in [3.8, 4) is 0 Å². The first-order chi connectivity index (χ1) is 7.13. The molecular weight excluding hydrogens is 193 g/mol. The van der Waals surface area contributed by atoms with Crippen molar-refractivity contribution in [3.63, 3.8) is 0 Å². The Kier molecular flexibility index (Phi) is 2.28. The lowest BCUT2D eigenvalue weighted by molar-refractivity contribution is 0.636. The second-order valence-corrected chi connectivity index (χ2v) is 3.54. The Morgan fingerprint density at radius 3 is 2.73 bits per heavy atom. The Bertz CT molecular complexity index is 523. The molecule has 1 aromatic heterocycles. The highest BCUT2D eigenvalue weighted by atomic mass is 19.1. The Balaban J connectivity index is 2.95. The minimum atomic E-state index is -0.323. The maximum absolute atomic E-state index is 13.5. The van der Waals surface area contributed by atoms with Gasteiger partial charge in [0, 0.05) is 11.1 Å². The maximum Gasteiger partial charge on any atom is 0.149 e. The number of aryl methyl sites for hydroxylation is 2. The lowest BCUT2D eigenvalue weighted by Crippen LogP contribution is -2.08. The fourth-order valence-electron chi connectivity index (χ4n) is 1.72. The van der Waals surface area contributed by atoms with E-state index in [1.54, 1.807) is 12.1 Å². The number of hydrogen-bond donors (Lipinski definition) is 2. The van der Waals surface area contributed by atoms with Gasteiger partial charge in [-0.25, -0.2) is 9.37 Å². The summed E-state index contributed by atoms with van der Waals surface area (Å²) < 4.78 is 13.5. The highest BCUT2D eigenvalue weighted by molar-refractivity contribution is 5.94. The normalized spacial score (nSPS) is 10.7. The van der Waals surface area contributed by atoms with Crippen molar-refractivity contribution in [2.75, 3.05) is 5.43 Å². The second-order valence-electron chi connectivity index (χ2n) is 3.54. The Labute approximate surface area is 87.1 Å². The first-order valence-electron chi connectivity index (χ1n) is 4.66. The van der Waals surface area contributed by atoms with Crippen LogP contribution >= 0.6 is 0 Å². The average molecular weight is 205 g/mol. The summed E-state index contributed by atoms with van der Waals surface area (Å²) in [4.78, 5) is 4.17. The summed E-state index contributed by atoms with van der Waals surface area (Å²) >= 11 is 0. The molecule has 1 aromatic carbocycles. The molecule has 4 heteroatoms. The van der Waals surface area contributed by atoms with Crippen molar-refractivity contribution >= 4 is 16.6 Å². The van der Waals surface area contributed by atoms with E-state index in [9.17, 15) is 4.39 Å². The van der Waals surface area contributed by atoms with E-state index < -0.39 is 0 Å². The molecule has 0 aliphatic carbocycles. The number of hydrazine groups is 1. The number of aromatic nitrogens is 1. The molecule has 1 heterocycles. The van der Waals surface area contributed by atoms with Crippen LogP contribution in [0.4, 0.5) is 10.1 Å². The van der Waals surface area contributed by atoms with Crippen LogP contribution in [-0.4, -0.2) is 4.98 Å². The number of nitrogens with zero attached hydrogens (tertiary/aromatic N) is 1. The van der Waals surface area contributed by atoms with Crippen LogP contribution < -0.4 is 11.3 Å². The van der Waals surface area contributed by atoms with E-state index in [4.69, 9.17) is 5.84 Å². The number of halogens is 1. The third kappa shape index (κ3) is 1.53. The van der Waals surface area contributed by atoms with Crippen molar-refractivity contribution in [3.05, 3.63) is 35.3 Å². The van der Waals surface area contributed by atoms with Gasteiger partial charge in [0.25, 0.3) is 0 Å². The summed E-state index contributed by atoms with van der Waals surface area (Å²) in [5, 5.41) is 0.739. The predicted molar refractivity (Wildman–Crippen MR) is 59.0 cm³/mol. The number of benzene rings is 1. The van der Waals surface area contributed by atoms with Gasteiger partial charge in [-0.3, -0.25) is 5.84 Å². The summed E-state index contributed by atoms with van der Waals surface area (Å²) in [6, 6.07) is 4.94. The van der Waals surface area contributed by atoms with Crippen molar-refractivity contribution in [1.29, 1.82) is 0 Å². The molecular formula is C11H12FN3. The van der Waals surface area contributed by atoms with Gasteiger partial charge in [-0.1, -0.05) is 6.07 Å². The van der Waals surface area contributed by atoms with E-state index in [1.165, 1.54) is 6.07 Å².